The summed E-state index contributed by atoms with van der Waals surface area (Å²) >= 11 is 0. The van der Waals surface area contributed by atoms with Crippen molar-refractivity contribution in [1.29, 1.82) is 0 Å². The van der Waals surface area contributed by atoms with Gasteiger partial charge in [-0.1, -0.05) is 30.3 Å². The second kappa shape index (κ2) is 8.80. The lowest BCUT2D eigenvalue weighted by molar-refractivity contribution is 0.624. The number of halogens is 1. The van der Waals surface area contributed by atoms with Gasteiger partial charge in [-0.05, 0) is 41.8 Å². The molecule has 0 aliphatic rings. The number of benzene rings is 2. The van der Waals surface area contributed by atoms with Crippen LogP contribution in [-0.4, -0.2) is 29.3 Å². The smallest absolute Gasteiger partial charge is 0.191 e. The molecule has 2 N–H and O–H groups in total. The zero-order chi connectivity index (χ0) is 18.2. The standard InChI is InChI=1S/C20H22FN5/c1-22-20(24-13-16-6-5-7-18(21)12-16)23-11-10-17-14-25-26(15-17)19-8-3-2-4-9-19/h2-9,12,14-15H,10-11,13H2,1H3,(H2,22,23,24). The number of guanidine groups is 1. The van der Waals surface area contributed by atoms with Gasteiger partial charge >= 0.3 is 0 Å². The molecule has 0 radical (unpaired) electrons. The largest absolute Gasteiger partial charge is 0.356 e. The molecule has 5 nitrogen and oxygen atoms in total. The van der Waals surface area contributed by atoms with Crippen molar-refractivity contribution in [2.45, 2.75) is 13.0 Å². The lowest BCUT2D eigenvalue weighted by Crippen LogP contribution is -2.37. The van der Waals surface area contributed by atoms with Crippen molar-refractivity contribution in [2.24, 2.45) is 4.99 Å². The van der Waals surface area contributed by atoms with Crippen molar-refractivity contribution in [3.8, 4) is 5.69 Å². The van der Waals surface area contributed by atoms with Crippen LogP contribution < -0.4 is 10.6 Å². The van der Waals surface area contributed by atoms with Gasteiger partial charge in [-0.2, -0.15) is 5.10 Å². The Hall–Kier alpha value is -3.15. The maximum Gasteiger partial charge on any atom is 0.191 e. The monoisotopic (exact) mass is 351 g/mol. The summed E-state index contributed by atoms with van der Waals surface area (Å²) < 4.78 is 15.1. The molecule has 2 aromatic carbocycles. The third kappa shape index (κ3) is 4.92. The lowest BCUT2D eigenvalue weighted by Gasteiger charge is -2.11. The first kappa shape index (κ1) is 17.7. The summed E-state index contributed by atoms with van der Waals surface area (Å²) in [5.74, 6) is 0.451. The molecule has 0 bridgehead atoms. The van der Waals surface area contributed by atoms with Crippen LogP contribution in [0.25, 0.3) is 5.69 Å². The second-order valence-electron chi connectivity index (χ2n) is 5.86. The minimum absolute atomic E-state index is 0.234. The summed E-state index contributed by atoms with van der Waals surface area (Å²) in [5, 5.41) is 10.8. The van der Waals surface area contributed by atoms with E-state index in [1.54, 1.807) is 13.1 Å². The Morgan fingerprint density at radius 3 is 2.69 bits per heavy atom. The molecule has 0 spiro atoms. The van der Waals surface area contributed by atoms with E-state index in [9.17, 15) is 4.39 Å². The molecule has 0 atom stereocenters. The Morgan fingerprint density at radius 2 is 1.92 bits per heavy atom. The number of nitrogens with zero attached hydrogens (tertiary/aromatic N) is 3. The highest BCUT2D eigenvalue weighted by Gasteiger charge is 2.03. The molecule has 26 heavy (non-hydrogen) atoms. The summed E-state index contributed by atoms with van der Waals surface area (Å²) in [7, 11) is 1.72. The second-order valence-corrected chi connectivity index (χ2v) is 5.86. The topological polar surface area (TPSA) is 54.2 Å². The molecule has 3 rings (SSSR count). The van der Waals surface area contributed by atoms with Crippen LogP contribution in [0.3, 0.4) is 0 Å². The van der Waals surface area contributed by atoms with E-state index in [4.69, 9.17) is 0 Å². The molecular weight excluding hydrogens is 329 g/mol. The number of hydrogen-bond donors (Lipinski definition) is 2. The Bertz CT molecular complexity index is 857. The molecule has 0 saturated carbocycles. The van der Waals surface area contributed by atoms with Crippen molar-refractivity contribution in [3.63, 3.8) is 0 Å². The maximum absolute atomic E-state index is 13.2. The van der Waals surface area contributed by atoms with Crippen LogP contribution >= 0.6 is 0 Å². The number of aliphatic imine (C=N–C) groups is 1. The number of hydrogen-bond acceptors (Lipinski definition) is 2. The van der Waals surface area contributed by atoms with Gasteiger partial charge in [0.05, 0.1) is 11.9 Å². The van der Waals surface area contributed by atoms with E-state index in [-0.39, 0.29) is 5.82 Å². The van der Waals surface area contributed by atoms with E-state index >= 15 is 0 Å². The molecule has 0 fully saturated rings. The Kier molecular flexibility index (Phi) is 5.98. The molecule has 0 aliphatic heterocycles. The zero-order valence-electron chi connectivity index (χ0n) is 14.7. The summed E-state index contributed by atoms with van der Waals surface area (Å²) in [6.07, 6.45) is 4.73. The highest BCUT2D eigenvalue weighted by molar-refractivity contribution is 5.79. The van der Waals surface area contributed by atoms with Gasteiger partial charge in [-0.15, -0.1) is 0 Å². The van der Waals surface area contributed by atoms with Gasteiger partial charge < -0.3 is 10.6 Å². The molecular formula is C20H22FN5. The number of nitrogens with one attached hydrogen (secondary N) is 2. The maximum atomic E-state index is 13.2. The van der Waals surface area contributed by atoms with Crippen LogP contribution in [0.1, 0.15) is 11.1 Å². The molecule has 6 heteroatoms. The summed E-state index contributed by atoms with van der Waals surface area (Å²) in [6.45, 7) is 1.24. The fraction of sp³-hybridized carbons (Fsp3) is 0.200. The Morgan fingerprint density at radius 1 is 1.08 bits per heavy atom. The van der Waals surface area contributed by atoms with Crippen LogP contribution in [-0.2, 0) is 13.0 Å². The summed E-state index contributed by atoms with van der Waals surface area (Å²) in [5.41, 5.74) is 3.05. The molecule has 0 amide bonds. The molecule has 0 aliphatic carbocycles. The zero-order valence-corrected chi connectivity index (χ0v) is 14.7. The Balaban J connectivity index is 1.47. The fourth-order valence-corrected chi connectivity index (χ4v) is 2.59. The number of rotatable bonds is 6. The SMILES string of the molecule is CN=C(NCCc1cnn(-c2ccccc2)c1)NCc1cccc(F)c1. The molecule has 0 saturated heterocycles. The predicted molar refractivity (Wildman–Crippen MR) is 102 cm³/mol. The quantitative estimate of drug-likeness (QED) is 0.530. The van der Waals surface area contributed by atoms with Gasteiger partial charge in [-0.3, -0.25) is 4.99 Å². The van der Waals surface area contributed by atoms with Crippen LogP contribution in [0.2, 0.25) is 0 Å². The third-order valence-corrected chi connectivity index (χ3v) is 3.94. The van der Waals surface area contributed by atoms with Crippen molar-refractivity contribution < 1.29 is 4.39 Å². The summed E-state index contributed by atoms with van der Waals surface area (Å²) in [6, 6.07) is 16.5. The molecule has 134 valence electrons. The Labute approximate surface area is 152 Å². The van der Waals surface area contributed by atoms with Crippen LogP contribution in [0, 0.1) is 5.82 Å². The van der Waals surface area contributed by atoms with Gasteiger partial charge in [0.25, 0.3) is 0 Å². The first-order chi connectivity index (χ1) is 12.7. The predicted octanol–water partition coefficient (Wildman–Crippen LogP) is 2.92. The van der Waals surface area contributed by atoms with Crippen LogP contribution in [0.4, 0.5) is 4.39 Å². The molecule has 1 heterocycles. The lowest BCUT2D eigenvalue weighted by atomic mass is 10.2. The fourth-order valence-electron chi connectivity index (χ4n) is 2.59. The van der Waals surface area contributed by atoms with E-state index in [0.29, 0.717) is 12.5 Å². The van der Waals surface area contributed by atoms with Gasteiger partial charge in [0.15, 0.2) is 5.96 Å². The average Bonchev–Trinajstić information content (AvgIpc) is 3.14. The van der Waals surface area contributed by atoms with Gasteiger partial charge in [0.1, 0.15) is 5.82 Å². The van der Waals surface area contributed by atoms with Crippen LogP contribution in [0.15, 0.2) is 72.0 Å². The van der Waals surface area contributed by atoms with E-state index in [1.807, 2.05) is 53.5 Å². The molecule has 3 aromatic rings. The molecule has 1 aromatic heterocycles. The van der Waals surface area contributed by atoms with Crippen LogP contribution in [0.5, 0.6) is 0 Å². The average molecular weight is 351 g/mol. The molecule has 0 unspecified atom stereocenters. The first-order valence-corrected chi connectivity index (χ1v) is 8.52. The third-order valence-electron chi connectivity index (χ3n) is 3.94. The van der Waals surface area contributed by atoms with Crippen molar-refractivity contribution in [1.82, 2.24) is 20.4 Å². The van der Waals surface area contributed by atoms with Gasteiger partial charge in [0, 0.05) is 26.3 Å². The minimum Gasteiger partial charge on any atom is -0.356 e. The number of para-hydroxylation sites is 1. The first-order valence-electron chi connectivity index (χ1n) is 8.52. The van der Waals surface area contributed by atoms with E-state index in [2.05, 4.69) is 20.7 Å². The highest BCUT2D eigenvalue weighted by Crippen LogP contribution is 2.07. The number of aromatic nitrogens is 2. The van der Waals surface area contributed by atoms with E-state index < -0.39 is 0 Å². The van der Waals surface area contributed by atoms with Crippen molar-refractivity contribution >= 4 is 5.96 Å². The normalized spacial score (nSPS) is 11.4. The van der Waals surface area contributed by atoms with Crippen molar-refractivity contribution in [2.75, 3.05) is 13.6 Å². The highest BCUT2D eigenvalue weighted by atomic mass is 19.1. The van der Waals surface area contributed by atoms with E-state index in [1.165, 1.54) is 12.1 Å². The van der Waals surface area contributed by atoms with Gasteiger partial charge in [0.2, 0.25) is 0 Å². The summed E-state index contributed by atoms with van der Waals surface area (Å²) in [4.78, 5) is 4.19. The minimum atomic E-state index is -0.234. The van der Waals surface area contributed by atoms with Crippen molar-refractivity contribution in [3.05, 3.63) is 83.9 Å². The van der Waals surface area contributed by atoms with E-state index in [0.717, 1.165) is 29.8 Å². The van der Waals surface area contributed by atoms with Gasteiger partial charge in [-0.25, -0.2) is 9.07 Å².